The maximum atomic E-state index is 6.15. The summed E-state index contributed by atoms with van der Waals surface area (Å²) < 4.78 is 10.5. The van der Waals surface area contributed by atoms with E-state index in [9.17, 15) is 0 Å². The van der Waals surface area contributed by atoms with Crippen LogP contribution in [0.4, 0.5) is 0 Å². The molecule has 0 aliphatic carbocycles. The van der Waals surface area contributed by atoms with Gasteiger partial charge in [0.2, 0.25) is 0 Å². The van der Waals surface area contributed by atoms with Crippen LogP contribution in [0.15, 0.2) is 0 Å². The maximum absolute atomic E-state index is 6.15. The van der Waals surface area contributed by atoms with Gasteiger partial charge in [0.15, 0.2) is 0 Å². The lowest BCUT2D eigenvalue weighted by Crippen LogP contribution is -2.45. The smallest absolute Gasteiger partial charge is 0.0615 e. The van der Waals surface area contributed by atoms with Gasteiger partial charge in [-0.1, -0.05) is 0 Å². The van der Waals surface area contributed by atoms with Crippen LogP contribution in [-0.4, -0.2) is 57.5 Å². The number of methoxy groups -OCH3 is 1. The number of ether oxygens (including phenoxy) is 2. The molecule has 1 rings (SSSR count). The zero-order valence-corrected chi connectivity index (χ0v) is 10.1. The fourth-order valence-corrected chi connectivity index (χ4v) is 1.92. The van der Waals surface area contributed by atoms with E-state index in [4.69, 9.17) is 15.2 Å². The molecule has 0 aromatic heterocycles. The largest absolute Gasteiger partial charge is 0.383 e. The summed E-state index contributed by atoms with van der Waals surface area (Å²) in [4.78, 5) is 2.26. The van der Waals surface area contributed by atoms with Gasteiger partial charge in [-0.15, -0.1) is 0 Å². The van der Waals surface area contributed by atoms with Crippen molar-refractivity contribution in [2.45, 2.75) is 25.4 Å². The van der Waals surface area contributed by atoms with E-state index in [2.05, 4.69) is 18.9 Å². The van der Waals surface area contributed by atoms with E-state index in [-0.39, 0.29) is 6.04 Å². The van der Waals surface area contributed by atoms with Gasteiger partial charge in [-0.05, 0) is 20.4 Å². The molecule has 15 heavy (non-hydrogen) atoms. The normalized spacial score (nSPS) is 25.8. The lowest BCUT2D eigenvalue weighted by atomic mass is 9.99. The Bertz CT molecular complexity index is 172. The second kappa shape index (κ2) is 6.43. The molecule has 1 saturated heterocycles. The highest BCUT2D eigenvalue weighted by Gasteiger charge is 2.24. The highest BCUT2D eigenvalue weighted by molar-refractivity contribution is 4.80. The first-order valence-electron chi connectivity index (χ1n) is 5.67. The predicted octanol–water partition coefficient (Wildman–Crippen LogP) is 0.317. The predicted molar refractivity (Wildman–Crippen MR) is 60.9 cm³/mol. The van der Waals surface area contributed by atoms with Crippen molar-refractivity contribution in [1.29, 1.82) is 0 Å². The van der Waals surface area contributed by atoms with Crippen LogP contribution in [0.25, 0.3) is 0 Å². The molecule has 4 nitrogen and oxygen atoms in total. The Labute approximate surface area is 92.7 Å². The number of hydrogen-bond donors (Lipinski definition) is 1. The standard InChI is InChI=1S/C11H24N2O2/c1-9(7-14-3)13(2)6-11(12)10-4-5-15-8-10/h9-11H,4-8,12H2,1-3H3. The zero-order chi connectivity index (χ0) is 11.3. The third-order valence-corrected chi connectivity index (χ3v) is 3.23. The van der Waals surface area contributed by atoms with Crippen LogP contribution in [-0.2, 0) is 9.47 Å². The summed E-state index contributed by atoms with van der Waals surface area (Å²) in [6, 6.07) is 0.639. The summed E-state index contributed by atoms with van der Waals surface area (Å²) in [6.07, 6.45) is 1.10. The Balaban J connectivity index is 2.26. The molecule has 3 unspecified atom stereocenters. The summed E-state index contributed by atoms with van der Waals surface area (Å²) in [7, 11) is 3.83. The lowest BCUT2D eigenvalue weighted by Gasteiger charge is -2.29. The number of nitrogens with zero attached hydrogens (tertiary/aromatic N) is 1. The Morgan fingerprint density at radius 3 is 2.87 bits per heavy atom. The quantitative estimate of drug-likeness (QED) is 0.694. The van der Waals surface area contributed by atoms with Gasteiger partial charge in [-0.3, -0.25) is 4.90 Å². The lowest BCUT2D eigenvalue weighted by molar-refractivity contribution is 0.105. The molecular weight excluding hydrogens is 192 g/mol. The zero-order valence-electron chi connectivity index (χ0n) is 10.1. The van der Waals surface area contributed by atoms with Gasteiger partial charge in [0, 0.05) is 38.3 Å². The minimum absolute atomic E-state index is 0.219. The highest BCUT2D eigenvalue weighted by atomic mass is 16.5. The van der Waals surface area contributed by atoms with Crippen LogP contribution in [0.5, 0.6) is 0 Å². The molecule has 2 N–H and O–H groups in total. The Morgan fingerprint density at radius 1 is 1.60 bits per heavy atom. The topological polar surface area (TPSA) is 47.7 Å². The molecule has 0 spiro atoms. The van der Waals surface area contributed by atoms with Crippen LogP contribution in [0.2, 0.25) is 0 Å². The Morgan fingerprint density at radius 2 is 2.33 bits per heavy atom. The molecule has 1 aliphatic heterocycles. The van der Waals surface area contributed by atoms with Crippen LogP contribution >= 0.6 is 0 Å². The number of hydrogen-bond acceptors (Lipinski definition) is 4. The molecular formula is C11H24N2O2. The first-order chi connectivity index (χ1) is 7.15. The van der Waals surface area contributed by atoms with Crippen LogP contribution < -0.4 is 5.73 Å². The Kier molecular flexibility index (Phi) is 5.53. The van der Waals surface area contributed by atoms with Crippen molar-refractivity contribution in [1.82, 2.24) is 4.90 Å². The minimum Gasteiger partial charge on any atom is -0.383 e. The SMILES string of the molecule is COCC(C)N(C)CC(N)C1CCOC1. The van der Waals surface area contributed by atoms with Gasteiger partial charge >= 0.3 is 0 Å². The van der Waals surface area contributed by atoms with Crippen LogP contribution in [0.1, 0.15) is 13.3 Å². The van der Waals surface area contributed by atoms with Crippen molar-refractivity contribution < 1.29 is 9.47 Å². The van der Waals surface area contributed by atoms with Gasteiger partial charge in [0.1, 0.15) is 0 Å². The van der Waals surface area contributed by atoms with Crippen LogP contribution in [0.3, 0.4) is 0 Å². The van der Waals surface area contributed by atoms with Crippen LogP contribution in [0, 0.1) is 5.92 Å². The van der Waals surface area contributed by atoms with E-state index < -0.39 is 0 Å². The summed E-state index contributed by atoms with van der Waals surface area (Å²) in [6.45, 7) is 5.52. The van der Waals surface area contributed by atoms with E-state index in [0.717, 1.165) is 32.8 Å². The molecule has 0 aromatic rings. The molecule has 0 saturated carbocycles. The van der Waals surface area contributed by atoms with Gasteiger partial charge in [0.25, 0.3) is 0 Å². The van der Waals surface area contributed by atoms with Crippen molar-refractivity contribution >= 4 is 0 Å². The average molecular weight is 216 g/mol. The number of nitrogens with two attached hydrogens (primary N) is 1. The summed E-state index contributed by atoms with van der Waals surface area (Å²) in [5.41, 5.74) is 6.15. The average Bonchev–Trinajstić information content (AvgIpc) is 2.70. The van der Waals surface area contributed by atoms with Gasteiger partial charge < -0.3 is 15.2 Å². The Hall–Kier alpha value is -0.160. The number of likely N-dealkylation sites (N-methyl/N-ethyl adjacent to an activating group) is 1. The first-order valence-corrected chi connectivity index (χ1v) is 5.67. The second-order valence-electron chi connectivity index (χ2n) is 4.53. The van der Waals surface area contributed by atoms with E-state index in [1.54, 1.807) is 7.11 Å². The van der Waals surface area contributed by atoms with Gasteiger partial charge in [0.05, 0.1) is 13.2 Å². The summed E-state index contributed by atoms with van der Waals surface area (Å²) in [5.74, 6) is 0.530. The minimum atomic E-state index is 0.219. The molecule has 0 bridgehead atoms. The van der Waals surface area contributed by atoms with Crippen molar-refractivity contribution in [3.63, 3.8) is 0 Å². The molecule has 1 fully saturated rings. The van der Waals surface area contributed by atoms with Gasteiger partial charge in [-0.2, -0.15) is 0 Å². The van der Waals surface area contributed by atoms with Crippen molar-refractivity contribution in [2.75, 3.05) is 40.5 Å². The summed E-state index contributed by atoms with van der Waals surface area (Å²) >= 11 is 0. The first kappa shape index (κ1) is 12.9. The van der Waals surface area contributed by atoms with E-state index in [1.165, 1.54) is 0 Å². The highest BCUT2D eigenvalue weighted by Crippen LogP contribution is 2.16. The molecule has 1 aliphatic rings. The summed E-state index contributed by atoms with van der Waals surface area (Å²) in [5, 5.41) is 0. The number of rotatable bonds is 6. The van der Waals surface area contributed by atoms with E-state index >= 15 is 0 Å². The monoisotopic (exact) mass is 216 g/mol. The van der Waals surface area contributed by atoms with E-state index in [1.807, 2.05) is 0 Å². The fourth-order valence-electron chi connectivity index (χ4n) is 1.92. The molecule has 0 aromatic carbocycles. The van der Waals surface area contributed by atoms with Gasteiger partial charge in [-0.25, -0.2) is 0 Å². The van der Waals surface area contributed by atoms with Crippen molar-refractivity contribution in [3.8, 4) is 0 Å². The van der Waals surface area contributed by atoms with Crippen molar-refractivity contribution in [3.05, 3.63) is 0 Å². The molecule has 4 heteroatoms. The third kappa shape index (κ3) is 4.07. The second-order valence-corrected chi connectivity index (χ2v) is 4.53. The van der Waals surface area contributed by atoms with Crippen molar-refractivity contribution in [2.24, 2.45) is 11.7 Å². The molecule has 0 radical (unpaired) electrons. The van der Waals surface area contributed by atoms with E-state index in [0.29, 0.717) is 12.0 Å². The third-order valence-electron chi connectivity index (χ3n) is 3.23. The molecule has 90 valence electrons. The molecule has 1 heterocycles. The maximum Gasteiger partial charge on any atom is 0.0615 e. The molecule has 0 amide bonds. The molecule has 3 atom stereocenters. The fraction of sp³-hybridized carbons (Fsp3) is 1.00.